The molecule has 17 heavy (non-hydrogen) atoms. The molecule has 0 saturated carbocycles. The minimum absolute atomic E-state index is 0. The molecular weight excluding hydrogens is 240 g/mol. The number of nitrogens with one attached hydrogen (secondary N) is 1. The van der Waals surface area contributed by atoms with Crippen LogP contribution in [0.1, 0.15) is 38.1 Å². The first kappa shape index (κ1) is 15.9. The molecule has 1 aromatic heterocycles. The van der Waals surface area contributed by atoms with Crippen molar-refractivity contribution in [3.05, 3.63) is 17.5 Å². The van der Waals surface area contributed by atoms with Gasteiger partial charge in [-0.25, -0.2) is 0 Å². The number of hydrogen-bond donors (Lipinski definition) is 2. The number of carbonyl (C=O) groups excluding carboxylic acids is 1. The van der Waals surface area contributed by atoms with Crippen LogP contribution in [0.4, 0.5) is 0 Å². The lowest BCUT2D eigenvalue weighted by atomic mass is 10.0. The Labute approximate surface area is 108 Å². The number of rotatable bonds is 3. The van der Waals surface area contributed by atoms with Gasteiger partial charge in [-0.15, -0.1) is 12.4 Å². The lowest BCUT2D eigenvalue weighted by Gasteiger charge is -2.21. The Morgan fingerprint density at radius 1 is 1.59 bits per heavy atom. The molecule has 1 amide bonds. The molecule has 0 aromatic carbocycles. The quantitative estimate of drug-likeness (QED) is 0.854. The van der Waals surface area contributed by atoms with Gasteiger partial charge in [-0.05, 0) is 27.7 Å². The predicted octanol–water partition coefficient (Wildman–Crippen LogP) is 1.06. The Kier molecular flexibility index (Phi) is 5.16. The highest BCUT2D eigenvalue weighted by Gasteiger charge is 2.24. The molecule has 1 unspecified atom stereocenters. The number of hydrogen-bond acceptors (Lipinski definition) is 3. The fraction of sp³-hybridized carbons (Fsp3) is 0.636. The van der Waals surface area contributed by atoms with E-state index in [1.54, 1.807) is 24.7 Å². The normalized spacial score (nSPS) is 12.8. The number of aryl methyl sites for hydroxylation is 1. The summed E-state index contributed by atoms with van der Waals surface area (Å²) in [5, 5.41) is 7.01. The molecule has 0 fully saturated rings. The van der Waals surface area contributed by atoms with Gasteiger partial charge in [0.25, 0.3) is 0 Å². The number of nitrogens with two attached hydrogens (primary N) is 1. The van der Waals surface area contributed by atoms with Crippen LogP contribution in [-0.2, 0) is 11.8 Å². The summed E-state index contributed by atoms with van der Waals surface area (Å²) in [5.41, 5.74) is 6.92. The van der Waals surface area contributed by atoms with Crippen LogP contribution in [0, 0.1) is 6.92 Å². The Bertz CT molecular complexity index is 395. The first-order valence-corrected chi connectivity index (χ1v) is 5.32. The van der Waals surface area contributed by atoms with E-state index in [-0.39, 0.29) is 24.4 Å². The van der Waals surface area contributed by atoms with Crippen molar-refractivity contribution < 1.29 is 4.79 Å². The zero-order valence-electron chi connectivity index (χ0n) is 10.9. The second-order valence-corrected chi connectivity index (χ2v) is 4.73. The van der Waals surface area contributed by atoms with E-state index in [4.69, 9.17) is 5.73 Å². The lowest BCUT2D eigenvalue weighted by molar-refractivity contribution is -0.125. The summed E-state index contributed by atoms with van der Waals surface area (Å²) < 4.78 is 1.78. The van der Waals surface area contributed by atoms with Crippen molar-refractivity contribution in [1.82, 2.24) is 15.1 Å². The zero-order valence-corrected chi connectivity index (χ0v) is 11.8. The third kappa shape index (κ3) is 3.71. The molecule has 0 aliphatic heterocycles. The summed E-state index contributed by atoms with van der Waals surface area (Å²) in [4.78, 5) is 11.7. The Morgan fingerprint density at radius 2 is 2.12 bits per heavy atom. The van der Waals surface area contributed by atoms with Crippen LogP contribution in [0.5, 0.6) is 0 Å². The molecule has 0 radical (unpaired) electrons. The minimum atomic E-state index is -0.857. The maximum atomic E-state index is 11.7. The van der Waals surface area contributed by atoms with Gasteiger partial charge < -0.3 is 11.1 Å². The maximum Gasteiger partial charge on any atom is 0.239 e. The largest absolute Gasteiger partial charge is 0.348 e. The van der Waals surface area contributed by atoms with Crippen LogP contribution < -0.4 is 11.1 Å². The molecule has 1 aromatic rings. The van der Waals surface area contributed by atoms with Crippen LogP contribution in [-0.4, -0.2) is 21.2 Å². The van der Waals surface area contributed by atoms with Crippen molar-refractivity contribution in [2.24, 2.45) is 12.8 Å². The molecule has 5 nitrogen and oxygen atoms in total. The molecule has 0 aliphatic carbocycles. The lowest BCUT2D eigenvalue weighted by Crippen LogP contribution is -2.49. The van der Waals surface area contributed by atoms with Crippen LogP contribution in [0.15, 0.2) is 6.20 Å². The van der Waals surface area contributed by atoms with E-state index in [2.05, 4.69) is 10.4 Å². The van der Waals surface area contributed by atoms with Gasteiger partial charge in [0, 0.05) is 18.3 Å². The first-order valence-electron chi connectivity index (χ1n) is 5.32. The Morgan fingerprint density at radius 3 is 2.47 bits per heavy atom. The topological polar surface area (TPSA) is 72.9 Å². The van der Waals surface area contributed by atoms with Crippen LogP contribution in [0.25, 0.3) is 0 Å². The van der Waals surface area contributed by atoms with Gasteiger partial charge in [0.05, 0.1) is 17.8 Å². The van der Waals surface area contributed by atoms with Crippen molar-refractivity contribution >= 4 is 18.3 Å². The Hall–Kier alpha value is -1.07. The van der Waals surface area contributed by atoms with Gasteiger partial charge in [-0.2, -0.15) is 5.10 Å². The summed E-state index contributed by atoms with van der Waals surface area (Å²) in [5.74, 6) is -0.164. The number of aromatic nitrogens is 2. The zero-order chi connectivity index (χ0) is 12.5. The number of amides is 1. The van der Waals surface area contributed by atoms with Crippen molar-refractivity contribution in [2.45, 2.75) is 39.3 Å². The number of carbonyl (C=O) groups is 1. The van der Waals surface area contributed by atoms with E-state index in [0.29, 0.717) is 0 Å². The van der Waals surface area contributed by atoms with Crippen molar-refractivity contribution in [3.63, 3.8) is 0 Å². The molecule has 0 spiro atoms. The molecule has 6 heteroatoms. The summed E-state index contributed by atoms with van der Waals surface area (Å²) in [6.45, 7) is 7.27. The van der Waals surface area contributed by atoms with Crippen molar-refractivity contribution in [3.8, 4) is 0 Å². The molecule has 1 rings (SSSR count). The fourth-order valence-corrected chi connectivity index (χ4v) is 1.40. The molecule has 0 aliphatic rings. The summed E-state index contributed by atoms with van der Waals surface area (Å²) in [6.07, 6.45) is 1.77. The van der Waals surface area contributed by atoms with Gasteiger partial charge in [-0.3, -0.25) is 9.48 Å². The van der Waals surface area contributed by atoms with Crippen LogP contribution in [0.3, 0.4) is 0 Å². The molecule has 1 heterocycles. The van der Waals surface area contributed by atoms with E-state index < -0.39 is 5.54 Å². The predicted molar refractivity (Wildman–Crippen MR) is 70.0 cm³/mol. The van der Waals surface area contributed by atoms with E-state index >= 15 is 0 Å². The highest BCUT2D eigenvalue weighted by molar-refractivity contribution is 5.85. The average molecular weight is 261 g/mol. The second-order valence-electron chi connectivity index (χ2n) is 4.73. The molecule has 0 bridgehead atoms. The van der Waals surface area contributed by atoms with Gasteiger partial charge >= 0.3 is 0 Å². The van der Waals surface area contributed by atoms with E-state index in [9.17, 15) is 4.79 Å². The van der Waals surface area contributed by atoms with Crippen molar-refractivity contribution in [2.75, 3.05) is 0 Å². The smallest absolute Gasteiger partial charge is 0.239 e. The maximum absolute atomic E-state index is 11.7. The van der Waals surface area contributed by atoms with E-state index in [1.165, 1.54) is 0 Å². The third-order valence-electron chi connectivity index (χ3n) is 2.67. The standard InChI is InChI=1S/C11H20N4O.ClH/c1-7(14-10(16)11(3,4)12)9-6-13-15(5)8(9)2;/h6-7H,12H2,1-5H3,(H,14,16);1H. The van der Waals surface area contributed by atoms with Crippen LogP contribution in [0.2, 0.25) is 0 Å². The SMILES string of the molecule is Cc1c(C(C)NC(=O)C(C)(C)N)cnn1C.Cl. The molecular formula is C11H21ClN4O. The number of halogens is 1. The number of nitrogens with zero attached hydrogens (tertiary/aromatic N) is 2. The average Bonchev–Trinajstić information content (AvgIpc) is 2.46. The van der Waals surface area contributed by atoms with Gasteiger partial charge in [0.2, 0.25) is 5.91 Å². The molecule has 98 valence electrons. The molecule has 1 atom stereocenters. The first-order chi connectivity index (χ1) is 7.23. The highest BCUT2D eigenvalue weighted by Crippen LogP contribution is 2.16. The minimum Gasteiger partial charge on any atom is -0.348 e. The Balaban J connectivity index is 0.00000256. The second kappa shape index (κ2) is 5.51. The fourth-order valence-electron chi connectivity index (χ4n) is 1.40. The highest BCUT2D eigenvalue weighted by atomic mass is 35.5. The third-order valence-corrected chi connectivity index (χ3v) is 2.67. The molecule has 0 saturated heterocycles. The van der Waals surface area contributed by atoms with Crippen molar-refractivity contribution in [1.29, 1.82) is 0 Å². The van der Waals surface area contributed by atoms with Gasteiger partial charge in [-0.1, -0.05) is 0 Å². The van der Waals surface area contributed by atoms with E-state index in [1.807, 2.05) is 20.9 Å². The summed E-state index contributed by atoms with van der Waals surface area (Å²) in [6, 6.07) is -0.0796. The van der Waals surface area contributed by atoms with Crippen LogP contribution >= 0.6 is 12.4 Å². The van der Waals surface area contributed by atoms with Gasteiger partial charge in [0.15, 0.2) is 0 Å². The van der Waals surface area contributed by atoms with Gasteiger partial charge in [0.1, 0.15) is 0 Å². The summed E-state index contributed by atoms with van der Waals surface area (Å²) in [7, 11) is 1.88. The van der Waals surface area contributed by atoms with E-state index in [0.717, 1.165) is 11.3 Å². The summed E-state index contributed by atoms with van der Waals surface area (Å²) >= 11 is 0. The molecule has 3 N–H and O–H groups in total. The monoisotopic (exact) mass is 260 g/mol.